The van der Waals surface area contributed by atoms with E-state index >= 15 is 0 Å². The van der Waals surface area contributed by atoms with E-state index in [9.17, 15) is 13.2 Å². The highest BCUT2D eigenvalue weighted by Gasteiger charge is 2.59. The molecule has 0 saturated heterocycles. The molecular formula is C23H30Cl2N2O3S. The summed E-state index contributed by atoms with van der Waals surface area (Å²) in [4.78, 5) is 13.5. The van der Waals surface area contributed by atoms with Gasteiger partial charge in [-0.15, -0.1) is 0 Å². The smallest absolute Gasteiger partial charge is 0.253 e. The third kappa shape index (κ3) is 4.00. The fourth-order valence-electron chi connectivity index (χ4n) is 6.05. The van der Waals surface area contributed by atoms with Crippen LogP contribution in [0.3, 0.4) is 0 Å². The summed E-state index contributed by atoms with van der Waals surface area (Å²) in [5.41, 5.74) is 1.40. The van der Waals surface area contributed by atoms with E-state index in [4.69, 9.17) is 23.2 Å². The Labute approximate surface area is 194 Å². The van der Waals surface area contributed by atoms with Gasteiger partial charge in [0.05, 0.1) is 26.9 Å². The molecule has 0 radical (unpaired) electrons. The first-order valence-corrected chi connectivity index (χ1v) is 13.6. The Morgan fingerprint density at radius 1 is 1.26 bits per heavy atom. The largest absolute Gasteiger partial charge is 0.348 e. The van der Waals surface area contributed by atoms with E-state index in [0.717, 1.165) is 18.2 Å². The standard InChI is InChI=1S/C23H30Cl2N2O3S/c1-22(2)14-8-9-23(3,12-14)21(22)26-20(28)16-13-27(10-5-11-31(4,29)30)19-15(16)6-7-17(24)18(19)25/h6-7,13-14,21H,5,8-12H2,1-4H3,(H,26,28). The fourth-order valence-corrected chi connectivity index (χ4v) is 7.13. The number of fused-ring (bicyclic) bond motifs is 3. The molecule has 1 aromatic carbocycles. The second-order valence-electron chi connectivity index (χ2n) is 10.3. The molecule has 2 saturated carbocycles. The molecule has 2 aliphatic carbocycles. The Hall–Kier alpha value is -1.24. The van der Waals surface area contributed by atoms with E-state index in [-0.39, 0.29) is 28.5 Å². The number of hydrogen-bond donors (Lipinski definition) is 1. The van der Waals surface area contributed by atoms with Crippen LogP contribution in [0.5, 0.6) is 0 Å². The van der Waals surface area contributed by atoms with Gasteiger partial charge < -0.3 is 9.88 Å². The molecule has 8 heteroatoms. The zero-order chi connectivity index (χ0) is 22.8. The highest BCUT2D eigenvalue weighted by Crippen LogP contribution is 2.62. The van der Waals surface area contributed by atoms with Gasteiger partial charge in [-0.3, -0.25) is 4.79 Å². The number of sulfone groups is 1. The average Bonchev–Trinajstić information content (AvgIpc) is 3.28. The van der Waals surface area contributed by atoms with Crippen molar-refractivity contribution in [1.29, 1.82) is 0 Å². The minimum absolute atomic E-state index is 0.0530. The minimum Gasteiger partial charge on any atom is -0.348 e. The van der Waals surface area contributed by atoms with Crippen molar-refractivity contribution in [2.24, 2.45) is 16.7 Å². The zero-order valence-electron chi connectivity index (χ0n) is 18.5. The van der Waals surface area contributed by atoms with Gasteiger partial charge in [-0.25, -0.2) is 8.42 Å². The first-order valence-electron chi connectivity index (χ1n) is 10.8. The minimum atomic E-state index is -3.07. The van der Waals surface area contributed by atoms with Crippen LogP contribution < -0.4 is 5.32 Å². The molecule has 3 atom stereocenters. The molecule has 2 fully saturated rings. The summed E-state index contributed by atoms with van der Waals surface area (Å²) >= 11 is 12.8. The van der Waals surface area contributed by atoms with Crippen LogP contribution in [0.4, 0.5) is 0 Å². The lowest BCUT2D eigenvalue weighted by Crippen LogP contribution is -2.52. The molecule has 2 aromatic rings. The van der Waals surface area contributed by atoms with Crippen molar-refractivity contribution >= 4 is 49.8 Å². The summed E-state index contributed by atoms with van der Waals surface area (Å²) in [5, 5.41) is 4.87. The first-order chi connectivity index (χ1) is 14.3. The second kappa shape index (κ2) is 7.67. The van der Waals surface area contributed by atoms with Crippen molar-refractivity contribution in [1.82, 2.24) is 9.88 Å². The van der Waals surface area contributed by atoms with Crippen LogP contribution in [-0.4, -0.2) is 36.9 Å². The number of aromatic nitrogens is 1. The topological polar surface area (TPSA) is 68.2 Å². The van der Waals surface area contributed by atoms with Crippen molar-refractivity contribution in [2.45, 2.75) is 59.0 Å². The zero-order valence-corrected chi connectivity index (χ0v) is 20.8. The fraction of sp³-hybridized carbons (Fsp3) is 0.609. The van der Waals surface area contributed by atoms with Crippen LogP contribution in [0.1, 0.15) is 56.8 Å². The van der Waals surface area contributed by atoms with Gasteiger partial charge in [-0.1, -0.05) is 50.0 Å². The maximum absolute atomic E-state index is 13.5. The molecular weight excluding hydrogens is 455 g/mol. The van der Waals surface area contributed by atoms with Crippen LogP contribution in [0, 0.1) is 16.7 Å². The van der Waals surface area contributed by atoms with Gasteiger partial charge in [-0.2, -0.15) is 0 Å². The van der Waals surface area contributed by atoms with Crippen LogP contribution in [-0.2, 0) is 16.4 Å². The van der Waals surface area contributed by atoms with Gasteiger partial charge in [-0.05, 0) is 48.5 Å². The normalized spacial score (nSPS) is 27.2. The molecule has 1 amide bonds. The van der Waals surface area contributed by atoms with Crippen LogP contribution in [0.2, 0.25) is 10.0 Å². The van der Waals surface area contributed by atoms with Crippen molar-refractivity contribution in [3.05, 3.63) is 33.9 Å². The van der Waals surface area contributed by atoms with Crippen molar-refractivity contribution < 1.29 is 13.2 Å². The Morgan fingerprint density at radius 2 is 1.97 bits per heavy atom. The van der Waals surface area contributed by atoms with Crippen molar-refractivity contribution in [3.63, 3.8) is 0 Å². The molecule has 0 aliphatic heterocycles. The lowest BCUT2D eigenvalue weighted by atomic mass is 9.68. The summed E-state index contributed by atoms with van der Waals surface area (Å²) in [6, 6.07) is 3.63. The predicted octanol–water partition coefficient (Wildman–Crippen LogP) is 5.33. The summed E-state index contributed by atoms with van der Waals surface area (Å²) in [6.45, 7) is 7.25. The molecule has 1 heterocycles. The van der Waals surface area contributed by atoms with E-state index in [1.807, 2.05) is 10.6 Å². The van der Waals surface area contributed by atoms with E-state index in [1.165, 1.54) is 12.7 Å². The van der Waals surface area contributed by atoms with Crippen LogP contribution in [0.25, 0.3) is 10.9 Å². The SMILES string of the molecule is CC12CCC(C1)C(C)(C)C2NC(=O)c1cn(CCCS(C)(=O)=O)c2c(Cl)c(Cl)ccc12. The summed E-state index contributed by atoms with van der Waals surface area (Å²) < 4.78 is 25.0. The number of halogens is 2. The summed E-state index contributed by atoms with van der Waals surface area (Å²) in [5.74, 6) is 0.591. The molecule has 1 aromatic heterocycles. The van der Waals surface area contributed by atoms with Gasteiger partial charge in [0.2, 0.25) is 0 Å². The molecule has 5 nitrogen and oxygen atoms in total. The third-order valence-electron chi connectivity index (χ3n) is 7.64. The number of rotatable bonds is 6. The van der Waals surface area contributed by atoms with E-state index in [2.05, 4.69) is 26.1 Å². The van der Waals surface area contributed by atoms with Crippen molar-refractivity contribution in [2.75, 3.05) is 12.0 Å². The van der Waals surface area contributed by atoms with Gasteiger partial charge in [0, 0.05) is 30.4 Å². The van der Waals surface area contributed by atoms with Gasteiger partial charge in [0.1, 0.15) is 9.84 Å². The van der Waals surface area contributed by atoms with E-state index in [0.29, 0.717) is 40.0 Å². The first kappa shape index (κ1) is 22.9. The monoisotopic (exact) mass is 484 g/mol. The molecule has 0 spiro atoms. The number of benzene rings is 1. The number of hydrogen-bond acceptors (Lipinski definition) is 3. The second-order valence-corrected chi connectivity index (χ2v) is 13.3. The quantitative estimate of drug-likeness (QED) is 0.602. The third-order valence-corrected chi connectivity index (χ3v) is 9.46. The maximum Gasteiger partial charge on any atom is 0.253 e. The lowest BCUT2D eigenvalue weighted by molar-refractivity contribution is 0.0739. The van der Waals surface area contributed by atoms with Crippen LogP contribution in [0.15, 0.2) is 18.3 Å². The van der Waals surface area contributed by atoms with Crippen LogP contribution >= 0.6 is 23.2 Å². The van der Waals surface area contributed by atoms with Crippen molar-refractivity contribution in [3.8, 4) is 0 Å². The number of aryl methyl sites for hydroxylation is 1. The Bertz CT molecular complexity index is 1150. The number of amides is 1. The number of carbonyl (C=O) groups excluding carboxylic acids is 1. The Kier molecular flexibility index (Phi) is 5.67. The number of nitrogens with one attached hydrogen (secondary N) is 1. The van der Waals surface area contributed by atoms with Gasteiger partial charge in [0.15, 0.2) is 0 Å². The molecule has 2 bridgehead atoms. The van der Waals surface area contributed by atoms with E-state index < -0.39 is 9.84 Å². The summed E-state index contributed by atoms with van der Waals surface area (Å²) in [6.07, 6.45) is 6.96. The lowest BCUT2D eigenvalue weighted by Gasteiger charge is -2.43. The highest BCUT2D eigenvalue weighted by molar-refractivity contribution is 7.90. The summed E-state index contributed by atoms with van der Waals surface area (Å²) in [7, 11) is -3.07. The Balaban J connectivity index is 1.67. The van der Waals surface area contributed by atoms with E-state index in [1.54, 1.807) is 12.3 Å². The molecule has 170 valence electrons. The highest BCUT2D eigenvalue weighted by atomic mass is 35.5. The number of carbonyl (C=O) groups is 1. The number of nitrogens with zero attached hydrogens (tertiary/aromatic N) is 1. The Morgan fingerprint density at radius 3 is 2.58 bits per heavy atom. The molecule has 31 heavy (non-hydrogen) atoms. The molecule has 1 N–H and O–H groups in total. The molecule has 4 rings (SSSR count). The predicted molar refractivity (Wildman–Crippen MR) is 127 cm³/mol. The average molecular weight is 485 g/mol. The van der Waals surface area contributed by atoms with Gasteiger partial charge >= 0.3 is 0 Å². The maximum atomic E-state index is 13.5. The molecule has 2 aliphatic rings. The van der Waals surface area contributed by atoms with Gasteiger partial charge in [0.25, 0.3) is 5.91 Å². The molecule has 3 unspecified atom stereocenters.